The summed E-state index contributed by atoms with van der Waals surface area (Å²) in [5, 5.41) is 5.29. The summed E-state index contributed by atoms with van der Waals surface area (Å²) < 4.78 is 15.9. The predicted molar refractivity (Wildman–Crippen MR) is 110 cm³/mol. The molecule has 0 aromatic heterocycles. The van der Waals surface area contributed by atoms with E-state index in [1.807, 2.05) is 13.8 Å². The van der Waals surface area contributed by atoms with E-state index in [9.17, 15) is 14.4 Å². The van der Waals surface area contributed by atoms with Gasteiger partial charge in [-0.15, -0.1) is 0 Å². The van der Waals surface area contributed by atoms with Crippen molar-refractivity contribution in [3.05, 3.63) is 29.8 Å². The van der Waals surface area contributed by atoms with Crippen molar-refractivity contribution in [2.45, 2.75) is 33.9 Å². The Morgan fingerprint density at radius 1 is 1.07 bits per heavy atom. The summed E-state index contributed by atoms with van der Waals surface area (Å²) in [7, 11) is 0. The first kappa shape index (κ1) is 26.5. The number of nitrogens with two attached hydrogens (primary N) is 1. The number of nitrogens with one attached hydrogen (secondary N) is 2. The molecule has 0 spiro atoms. The lowest BCUT2D eigenvalue weighted by Crippen LogP contribution is -2.33. The van der Waals surface area contributed by atoms with Crippen molar-refractivity contribution >= 4 is 17.6 Å². The number of hydrogen-bond acceptors (Lipinski definition) is 7. The number of carbonyl (C=O) groups excluding carboxylic acids is 3. The van der Waals surface area contributed by atoms with Crippen LogP contribution in [0, 0.1) is 0 Å². The highest BCUT2D eigenvalue weighted by Gasteiger charge is 2.08. The predicted octanol–water partition coefficient (Wildman–Crippen LogP) is 0.865. The smallest absolute Gasteiger partial charge is 0.251 e. The fraction of sp³-hybridized carbons (Fsp3) is 0.550. The van der Waals surface area contributed by atoms with Crippen molar-refractivity contribution in [1.29, 1.82) is 0 Å². The van der Waals surface area contributed by atoms with Gasteiger partial charge in [-0.05, 0) is 25.1 Å². The lowest BCUT2D eigenvalue weighted by molar-refractivity contribution is -0.122. The van der Waals surface area contributed by atoms with Crippen LogP contribution in [0.2, 0.25) is 0 Å². The molecule has 1 rings (SSSR count). The van der Waals surface area contributed by atoms with E-state index < -0.39 is 6.23 Å². The molecule has 2 amide bonds. The first-order valence-electron chi connectivity index (χ1n) is 9.58. The first-order chi connectivity index (χ1) is 13.9. The molecule has 1 atom stereocenters. The molecule has 1 aromatic rings. The monoisotopic (exact) mass is 411 g/mol. The summed E-state index contributed by atoms with van der Waals surface area (Å²) in [5.74, 6) is 0.00986. The molecule has 4 N–H and O–H groups in total. The van der Waals surface area contributed by atoms with E-state index in [1.165, 1.54) is 13.8 Å². The van der Waals surface area contributed by atoms with Crippen LogP contribution in [0.4, 0.5) is 0 Å². The second-order valence-corrected chi connectivity index (χ2v) is 5.74. The molecule has 0 aliphatic carbocycles. The number of Topliss-reactive ketones (excluding diaryl/α,β-unsaturated/α-hetero) is 1. The van der Waals surface area contributed by atoms with Crippen molar-refractivity contribution in [2.24, 2.45) is 5.73 Å². The Morgan fingerprint density at radius 2 is 1.76 bits per heavy atom. The third-order valence-corrected chi connectivity index (χ3v) is 3.16. The number of carbonyl (C=O) groups is 3. The van der Waals surface area contributed by atoms with Gasteiger partial charge in [0.15, 0.2) is 5.78 Å². The number of ether oxygens (including phenoxy) is 3. The average Bonchev–Trinajstić information content (AvgIpc) is 2.70. The van der Waals surface area contributed by atoms with Crippen LogP contribution in [0.1, 0.15) is 38.1 Å². The van der Waals surface area contributed by atoms with E-state index in [2.05, 4.69) is 10.6 Å². The maximum absolute atomic E-state index is 12.1. The molecule has 1 aromatic carbocycles. The lowest BCUT2D eigenvalue weighted by atomic mass is 10.2. The Labute approximate surface area is 172 Å². The molecule has 1 unspecified atom stereocenters. The highest BCUT2D eigenvalue weighted by atomic mass is 16.6. The Kier molecular flexibility index (Phi) is 15.0. The van der Waals surface area contributed by atoms with Crippen molar-refractivity contribution in [3.63, 3.8) is 0 Å². The molecule has 0 saturated heterocycles. The quantitative estimate of drug-likeness (QED) is 0.324. The number of amides is 2. The fourth-order valence-corrected chi connectivity index (χ4v) is 1.94. The molecule has 0 heterocycles. The van der Waals surface area contributed by atoms with Gasteiger partial charge in [0.1, 0.15) is 25.2 Å². The molecule has 9 nitrogen and oxygen atoms in total. The summed E-state index contributed by atoms with van der Waals surface area (Å²) in [6.45, 7) is 8.20. The molecule has 0 aliphatic rings. The maximum Gasteiger partial charge on any atom is 0.251 e. The van der Waals surface area contributed by atoms with Gasteiger partial charge < -0.3 is 30.6 Å². The largest absolute Gasteiger partial charge is 0.489 e. The number of ketones is 1. The van der Waals surface area contributed by atoms with Crippen LogP contribution in [0.15, 0.2) is 24.3 Å². The van der Waals surface area contributed by atoms with E-state index in [0.29, 0.717) is 24.4 Å². The van der Waals surface area contributed by atoms with Gasteiger partial charge in [-0.25, -0.2) is 0 Å². The van der Waals surface area contributed by atoms with Crippen molar-refractivity contribution in [1.82, 2.24) is 10.6 Å². The Morgan fingerprint density at radius 3 is 2.41 bits per heavy atom. The zero-order valence-corrected chi connectivity index (χ0v) is 17.7. The van der Waals surface area contributed by atoms with Crippen LogP contribution in [-0.4, -0.2) is 63.3 Å². The van der Waals surface area contributed by atoms with Crippen molar-refractivity contribution in [3.8, 4) is 5.75 Å². The summed E-state index contributed by atoms with van der Waals surface area (Å²) >= 11 is 0. The molecular formula is C20H33N3O6. The van der Waals surface area contributed by atoms with Crippen molar-refractivity contribution in [2.75, 3.05) is 39.5 Å². The summed E-state index contributed by atoms with van der Waals surface area (Å²) in [6.07, 6.45) is -0.666. The van der Waals surface area contributed by atoms with Crippen LogP contribution in [0.5, 0.6) is 5.75 Å². The van der Waals surface area contributed by atoms with Gasteiger partial charge in [-0.1, -0.05) is 19.9 Å². The highest BCUT2D eigenvalue weighted by Crippen LogP contribution is 2.13. The van der Waals surface area contributed by atoms with E-state index >= 15 is 0 Å². The van der Waals surface area contributed by atoms with Crippen LogP contribution in [0.25, 0.3) is 0 Å². The molecular weight excluding hydrogens is 378 g/mol. The molecule has 164 valence electrons. The second-order valence-electron chi connectivity index (χ2n) is 5.74. The molecule has 0 bridgehead atoms. The molecule has 0 saturated carbocycles. The lowest BCUT2D eigenvalue weighted by Gasteiger charge is -2.14. The minimum Gasteiger partial charge on any atom is -0.489 e. The Bertz CT molecular complexity index is 624. The summed E-state index contributed by atoms with van der Waals surface area (Å²) in [4.78, 5) is 33.6. The maximum atomic E-state index is 12.1. The SMILES string of the molecule is CC.CC(=O)COCCOC(N)COc1cccc(C(=O)NCCNC(C)=O)c1. The van der Waals surface area contributed by atoms with Gasteiger partial charge in [0.05, 0.1) is 13.2 Å². The summed E-state index contributed by atoms with van der Waals surface area (Å²) in [6, 6.07) is 6.65. The topological polar surface area (TPSA) is 129 Å². The van der Waals surface area contributed by atoms with Gasteiger partial charge in [0.25, 0.3) is 5.91 Å². The van der Waals surface area contributed by atoms with E-state index in [0.717, 1.165) is 0 Å². The standard InChI is InChI=1S/C18H27N3O6.C2H6/c1-13(22)11-25-8-9-26-17(19)12-27-16-5-3-4-15(10-16)18(24)21-7-6-20-14(2)23;1-2/h3-5,10,17H,6-9,11-12,19H2,1-2H3,(H,20,23)(H,21,24);1-2H3. The number of benzene rings is 1. The minimum absolute atomic E-state index is 0.0504. The third-order valence-electron chi connectivity index (χ3n) is 3.16. The number of hydrogen-bond donors (Lipinski definition) is 3. The zero-order chi connectivity index (χ0) is 22.1. The van der Waals surface area contributed by atoms with Crippen LogP contribution in [0.3, 0.4) is 0 Å². The van der Waals surface area contributed by atoms with Gasteiger partial charge in [0.2, 0.25) is 5.91 Å². The summed E-state index contributed by atoms with van der Waals surface area (Å²) in [5.41, 5.74) is 6.22. The average molecular weight is 411 g/mol. The van der Waals surface area contributed by atoms with E-state index in [-0.39, 0.29) is 44.0 Å². The zero-order valence-electron chi connectivity index (χ0n) is 17.7. The highest BCUT2D eigenvalue weighted by molar-refractivity contribution is 5.94. The molecule has 0 radical (unpaired) electrons. The van der Waals surface area contributed by atoms with Crippen LogP contribution in [-0.2, 0) is 19.1 Å². The Balaban J connectivity index is 0.00000379. The normalized spacial score (nSPS) is 10.9. The van der Waals surface area contributed by atoms with Gasteiger partial charge in [-0.2, -0.15) is 0 Å². The molecule has 0 aliphatic heterocycles. The fourth-order valence-electron chi connectivity index (χ4n) is 1.94. The number of rotatable bonds is 13. The van der Waals surface area contributed by atoms with Gasteiger partial charge in [-0.3, -0.25) is 14.4 Å². The van der Waals surface area contributed by atoms with Gasteiger partial charge in [0, 0.05) is 25.6 Å². The second kappa shape index (κ2) is 16.5. The minimum atomic E-state index is -0.666. The van der Waals surface area contributed by atoms with Crippen molar-refractivity contribution < 1.29 is 28.6 Å². The first-order valence-corrected chi connectivity index (χ1v) is 9.58. The Hall–Kier alpha value is -2.49. The molecule has 29 heavy (non-hydrogen) atoms. The molecule has 0 fully saturated rings. The van der Waals surface area contributed by atoms with Crippen LogP contribution >= 0.6 is 0 Å². The van der Waals surface area contributed by atoms with Crippen LogP contribution < -0.4 is 21.1 Å². The van der Waals surface area contributed by atoms with Gasteiger partial charge >= 0.3 is 0 Å². The van der Waals surface area contributed by atoms with E-state index in [4.69, 9.17) is 19.9 Å². The van der Waals surface area contributed by atoms with E-state index in [1.54, 1.807) is 24.3 Å². The molecule has 9 heteroatoms. The third kappa shape index (κ3) is 14.2.